The summed E-state index contributed by atoms with van der Waals surface area (Å²) in [5.41, 5.74) is 4.91. The van der Waals surface area contributed by atoms with Crippen LogP contribution < -0.4 is 0 Å². The van der Waals surface area contributed by atoms with Crippen molar-refractivity contribution in [2.75, 3.05) is 19.8 Å². The minimum Gasteiger partial charge on any atom is -0.377 e. The first-order valence-electron chi connectivity index (χ1n) is 9.48. The smallest absolute Gasteiger partial charge is 0.229 e. The molecule has 7 nitrogen and oxygen atoms in total. The van der Waals surface area contributed by atoms with Gasteiger partial charge in [-0.1, -0.05) is 35.5 Å². The Balaban J connectivity index is 1.59. The van der Waals surface area contributed by atoms with Crippen LogP contribution in [0, 0.1) is 13.8 Å². The molecule has 0 unspecified atom stereocenters. The number of aryl methyl sites for hydroxylation is 1. The third kappa shape index (κ3) is 3.71. The fourth-order valence-electron chi connectivity index (χ4n) is 3.83. The van der Waals surface area contributed by atoms with Gasteiger partial charge in [0.15, 0.2) is 0 Å². The first-order chi connectivity index (χ1) is 13.6. The van der Waals surface area contributed by atoms with Crippen molar-refractivity contribution in [1.29, 1.82) is 0 Å². The van der Waals surface area contributed by atoms with E-state index in [9.17, 15) is 4.79 Å². The number of benzene rings is 1. The van der Waals surface area contributed by atoms with Gasteiger partial charge < -0.3 is 14.2 Å². The van der Waals surface area contributed by atoms with E-state index in [2.05, 4.69) is 24.2 Å². The maximum atomic E-state index is 12.9. The molecule has 7 heteroatoms. The normalized spacial score (nSPS) is 17.1. The second-order valence-electron chi connectivity index (χ2n) is 7.07. The van der Waals surface area contributed by atoms with Crippen LogP contribution in [0.2, 0.25) is 0 Å². The van der Waals surface area contributed by atoms with Crippen LogP contribution in [0.1, 0.15) is 34.3 Å². The summed E-state index contributed by atoms with van der Waals surface area (Å²) in [6.45, 7) is 6.34. The molecule has 3 heterocycles. The fourth-order valence-corrected chi connectivity index (χ4v) is 3.83. The van der Waals surface area contributed by atoms with Crippen LogP contribution in [0.25, 0.3) is 0 Å². The van der Waals surface area contributed by atoms with Crippen molar-refractivity contribution < 1.29 is 14.1 Å². The van der Waals surface area contributed by atoms with Crippen molar-refractivity contribution in [2.45, 2.75) is 32.9 Å². The summed E-state index contributed by atoms with van der Waals surface area (Å²) in [5.74, 6) is 0.0248. The van der Waals surface area contributed by atoms with E-state index in [1.54, 1.807) is 6.07 Å². The molecule has 0 saturated carbocycles. The third-order valence-corrected chi connectivity index (χ3v) is 5.22. The molecule has 3 aromatic rings. The lowest BCUT2D eigenvalue weighted by atomic mass is 10.0. The largest absolute Gasteiger partial charge is 0.377 e. The Kier molecular flexibility index (Phi) is 5.25. The van der Waals surface area contributed by atoms with Crippen LogP contribution in [-0.4, -0.2) is 45.5 Å². The molecule has 1 aliphatic rings. The van der Waals surface area contributed by atoms with Gasteiger partial charge in [0.2, 0.25) is 5.91 Å². The number of hydrogen-bond donors (Lipinski definition) is 0. The zero-order valence-electron chi connectivity index (χ0n) is 16.2. The first kappa shape index (κ1) is 18.4. The van der Waals surface area contributed by atoms with Gasteiger partial charge in [0.1, 0.15) is 6.26 Å². The molecule has 0 aliphatic carbocycles. The molecule has 1 fully saturated rings. The predicted molar refractivity (Wildman–Crippen MR) is 103 cm³/mol. The number of nitrogens with zero attached hydrogens (tertiary/aromatic N) is 4. The average Bonchev–Trinajstić information content (AvgIpc) is 3.30. The fraction of sp³-hybridized carbons (Fsp3) is 0.381. The van der Waals surface area contributed by atoms with Gasteiger partial charge in [-0.2, -0.15) is 5.10 Å². The summed E-state index contributed by atoms with van der Waals surface area (Å²) in [4.78, 5) is 14.8. The highest BCUT2D eigenvalue weighted by atomic mass is 16.5. The molecular formula is C21H24N4O3. The summed E-state index contributed by atoms with van der Waals surface area (Å²) in [6.07, 6.45) is 1.71. The Bertz CT molecular complexity index is 934. The minimum atomic E-state index is -0.141. The second kappa shape index (κ2) is 7.98. The van der Waals surface area contributed by atoms with Crippen LogP contribution in [0.4, 0.5) is 0 Å². The molecule has 2 aromatic heterocycles. The third-order valence-electron chi connectivity index (χ3n) is 5.22. The zero-order valence-corrected chi connectivity index (χ0v) is 16.2. The van der Waals surface area contributed by atoms with E-state index >= 15 is 0 Å². The van der Waals surface area contributed by atoms with Crippen molar-refractivity contribution in [1.82, 2.24) is 19.8 Å². The molecule has 1 aromatic carbocycles. The Labute approximate surface area is 163 Å². The summed E-state index contributed by atoms with van der Waals surface area (Å²) >= 11 is 0. The number of carbonyl (C=O) groups excluding carboxylic acids is 1. The molecule has 28 heavy (non-hydrogen) atoms. The quantitative estimate of drug-likeness (QED) is 0.680. The van der Waals surface area contributed by atoms with Gasteiger partial charge in [-0.15, -0.1) is 0 Å². The molecule has 0 bridgehead atoms. The molecule has 1 saturated heterocycles. The van der Waals surface area contributed by atoms with Gasteiger partial charge in [-0.05, 0) is 19.4 Å². The number of amides is 1. The highest BCUT2D eigenvalue weighted by Gasteiger charge is 2.32. The van der Waals surface area contributed by atoms with Gasteiger partial charge in [0, 0.05) is 23.9 Å². The molecule has 0 N–H and O–H groups in total. The number of aromatic nitrogens is 3. The second-order valence-corrected chi connectivity index (χ2v) is 7.07. The van der Waals surface area contributed by atoms with Crippen LogP contribution in [0.5, 0.6) is 0 Å². The molecule has 1 aliphatic heterocycles. The summed E-state index contributed by atoms with van der Waals surface area (Å²) < 4.78 is 12.6. The number of hydrogen-bond acceptors (Lipinski definition) is 5. The Morgan fingerprint density at radius 1 is 1.21 bits per heavy atom. The molecule has 1 atom stereocenters. The number of morpholine rings is 1. The van der Waals surface area contributed by atoms with Gasteiger partial charge >= 0.3 is 0 Å². The maximum Gasteiger partial charge on any atom is 0.229 e. The number of carbonyl (C=O) groups is 1. The molecule has 1 amide bonds. The van der Waals surface area contributed by atoms with Crippen molar-refractivity contribution in [2.24, 2.45) is 0 Å². The molecule has 146 valence electrons. The Morgan fingerprint density at radius 3 is 2.79 bits per heavy atom. The van der Waals surface area contributed by atoms with Crippen molar-refractivity contribution in [3.05, 3.63) is 70.9 Å². The average molecular weight is 380 g/mol. The lowest BCUT2D eigenvalue weighted by Crippen LogP contribution is -2.44. The molecule has 4 rings (SSSR count). The maximum absolute atomic E-state index is 12.9. The number of rotatable bonds is 5. The van der Waals surface area contributed by atoms with Crippen LogP contribution in [-0.2, 0) is 22.5 Å². The van der Waals surface area contributed by atoms with Gasteiger partial charge in [0.25, 0.3) is 0 Å². The van der Waals surface area contributed by atoms with E-state index in [1.807, 2.05) is 34.7 Å². The lowest BCUT2D eigenvalue weighted by Gasteiger charge is -2.36. The van der Waals surface area contributed by atoms with Crippen molar-refractivity contribution in [3.8, 4) is 0 Å². The number of ether oxygens (including phenoxy) is 1. The molecular weight excluding hydrogens is 356 g/mol. The topological polar surface area (TPSA) is 73.4 Å². The van der Waals surface area contributed by atoms with E-state index in [0.29, 0.717) is 32.0 Å². The van der Waals surface area contributed by atoms with E-state index in [0.717, 1.165) is 17.0 Å². The van der Waals surface area contributed by atoms with Crippen LogP contribution in [0.3, 0.4) is 0 Å². The molecule has 0 spiro atoms. The standard InChI is InChI=1S/C21H24N4O3/c1-15-21(16(2)25(22-15)13-17-6-4-3-5-7-17)19-14-27-11-9-24(19)20(26)12-18-8-10-28-23-18/h3-8,10,19H,9,11-14H2,1-2H3/t19-/m1/s1. The highest BCUT2D eigenvalue weighted by molar-refractivity contribution is 5.79. The predicted octanol–water partition coefficient (Wildman–Crippen LogP) is 2.68. The minimum absolute atomic E-state index is 0.0248. The van der Waals surface area contributed by atoms with Gasteiger partial charge in [0.05, 0.1) is 43.6 Å². The highest BCUT2D eigenvalue weighted by Crippen LogP contribution is 2.30. The van der Waals surface area contributed by atoms with Crippen LogP contribution in [0.15, 0.2) is 47.2 Å². The Morgan fingerprint density at radius 2 is 2.04 bits per heavy atom. The van der Waals surface area contributed by atoms with Crippen LogP contribution >= 0.6 is 0 Å². The molecule has 0 radical (unpaired) electrons. The van der Waals surface area contributed by atoms with E-state index < -0.39 is 0 Å². The van der Waals surface area contributed by atoms with Crippen molar-refractivity contribution >= 4 is 5.91 Å². The lowest BCUT2D eigenvalue weighted by molar-refractivity contribution is -0.139. The zero-order chi connectivity index (χ0) is 19.5. The first-order valence-corrected chi connectivity index (χ1v) is 9.48. The summed E-state index contributed by atoms with van der Waals surface area (Å²) in [7, 11) is 0. The van der Waals surface area contributed by atoms with E-state index in [1.165, 1.54) is 11.8 Å². The Hall–Kier alpha value is -2.93. The van der Waals surface area contributed by atoms with E-state index in [4.69, 9.17) is 14.4 Å². The summed E-state index contributed by atoms with van der Waals surface area (Å²) in [5, 5.41) is 8.61. The van der Waals surface area contributed by atoms with E-state index in [-0.39, 0.29) is 18.4 Å². The van der Waals surface area contributed by atoms with Gasteiger partial charge in [-0.25, -0.2) is 0 Å². The monoisotopic (exact) mass is 380 g/mol. The SMILES string of the molecule is Cc1nn(Cc2ccccc2)c(C)c1[C@H]1COCCN1C(=O)Cc1ccon1. The van der Waals surface area contributed by atoms with Gasteiger partial charge in [-0.3, -0.25) is 9.48 Å². The summed E-state index contributed by atoms with van der Waals surface area (Å²) in [6, 6.07) is 11.8. The van der Waals surface area contributed by atoms with Crippen molar-refractivity contribution in [3.63, 3.8) is 0 Å².